The molecular weight excluding hydrogens is 272 g/mol. The molecule has 0 amide bonds. The van der Waals surface area contributed by atoms with Crippen LogP contribution in [0.15, 0.2) is 52.9 Å². The Labute approximate surface area is 122 Å². The van der Waals surface area contributed by atoms with E-state index in [9.17, 15) is 5.11 Å². The van der Waals surface area contributed by atoms with Crippen molar-refractivity contribution in [2.24, 2.45) is 0 Å². The maximum Gasteiger partial charge on any atom is 0.144 e. The van der Waals surface area contributed by atoms with Crippen LogP contribution in [0.5, 0.6) is 0 Å². The Kier molecular flexibility index (Phi) is 3.08. The fourth-order valence-corrected chi connectivity index (χ4v) is 2.57. The van der Waals surface area contributed by atoms with Gasteiger partial charge in [-0.3, -0.25) is 0 Å². The molecule has 1 heterocycles. The van der Waals surface area contributed by atoms with Crippen molar-refractivity contribution < 1.29 is 9.52 Å². The highest BCUT2D eigenvalue weighted by atomic mass is 35.5. The molecule has 2 nitrogen and oxygen atoms in total. The molecule has 3 aromatic rings. The summed E-state index contributed by atoms with van der Waals surface area (Å²) in [6.45, 7) is 3.70. The van der Waals surface area contributed by atoms with E-state index in [-0.39, 0.29) is 0 Å². The van der Waals surface area contributed by atoms with Crippen LogP contribution in [0.2, 0.25) is 5.02 Å². The second-order valence-electron chi connectivity index (χ2n) is 5.19. The zero-order chi connectivity index (χ0) is 14.3. The molecule has 0 saturated carbocycles. The molecule has 3 rings (SSSR count). The van der Waals surface area contributed by atoms with Gasteiger partial charge in [0.15, 0.2) is 0 Å². The first-order valence-corrected chi connectivity index (χ1v) is 6.84. The molecule has 0 fully saturated rings. The fraction of sp³-hybridized carbons (Fsp3) is 0.176. The van der Waals surface area contributed by atoms with Gasteiger partial charge in [-0.05, 0) is 43.2 Å². The lowest BCUT2D eigenvalue weighted by Crippen LogP contribution is -2.21. The smallest absolute Gasteiger partial charge is 0.144 e. The number of aliphatic hydroxyl groups is 1. The first-order chi connectivity index (χ1) is 9.48. The van der Waals surface area contributed by atoms with E-state index in [0.29, 0.717) is 16.3 Å². The average molecular weight is 287 g/mol. The van der Waals surface area contributed by atoms with Crippen molar-refractivity contribution in [3.8, 4) is 0 Å². The second-order valence-corrected chi connectivity index (χ2v) is 5.62. The Morgan fingerprint density at radius 3 is 2.55 bits per heavy atom. The van der Waals surface area contributed by atoms with Gasteiger partial charge in [-0.15, -0.1) is 0 Å². The molecule has 2 aromatic carbocycles. The molecule has 20 heavy (non-hydrogen) atoms. The minimum atomic E-state index is -1.21. The maximum absolute atomic E-state index is 10.8. The van der Waals surface area contributed by atoms with Crippen LogP contribution in [0.25, 0.3) is 11.0 Å². The quantitative estimate of drug-likeness (QED) is 0.744. The van der Waals surface area contributed by atoms with Crippen LogP contribution >= 0.6 is 11.6 Å². The van der Waals surface area contributed by atoms with Crippen molar-refractivity contribution in [2.45, 2.75) is 19.4 Å². The Hall–Kier alpha value is -1.77. The first kappa shape index (κ1) is 13.2. The summed E-state index contributed by atoms with van der Waals surface area (Å²) in [5, 5.41) is 12.4. The SMILES string of the molecule is Cc1cccc2cc(C(C)(O)c3cccc(Cl)c3)oc12. The molecule has 1 aromatic heterocycles. The highest BCUT2D eigenvalue weighted by Gasteiger charge is 2.30. The van der Waals surface area contributed by atoms with Crippen LogP contribution in [0, 0.1) is 6.92 Å². The molecule has 0 saturated heterocycles. The molecular formula is C17H15ClO2. The minimum absolute atomic E-state index is 0.518. The van der Waals surface area contributed by atoms with Gasteiger partial charge in [-0.25, -0.2) is 0 Å². The molecule has 3 heteroatoms. The number of aryl methyl sites for hydroxylation is 1. The van der Waals surface area contributed by atoms with Gasteiger partial charge >= 0.3 is 0 Å². The van der Waals surface area contributed by atoms with Crippen molar-refractivity contribution in [3.63, 3.8) is 0 Å². The molecule has 0 aliphatic heterocycles. The van der Waals surface area contributed by atoms with Crippen molar-refractivity contribution in [1.82, 2.24) is 0 Å². The van der Waals surface area contributed by atoms with E-state index >= 15 is 0 Å². The number of para-hydroxylation sites is 1. The number of fused-ring (bicyclic) bond motifs is 1. The van der Waals surface area contributed by atoms with E-state index in [4.69, 9.17) is 16.0 Å². The van der Waals surface area contributed by atoms with E-state index in [2.05, 4.69) is 0 Å². The van der Waals surface area contributed by atoms with Gasteiger partial charge in [-0.1, -0.05) is 41.9 Å². The number of benzene rings is 2. The third kappa shape index (κ3) is 2.11. The minimum Gasteiger partial charge on any atom is -0.457 e. The molecule has 1 N–H and O–H groups in total. The van der Waals surface area contributed by atoms with Gasteiger partial charge in [0.05, 0.1) is 0 Å². The summed E-state index contributed by atoms with van der Waals surface area (Å²) >= 11 is 6.00. The third-order valence-corrected chi connectivity index (χ3v) is 3.84. The van der Waals surface area contributed by atoms with Gasteiger partial charge < -0.3 is 9.52 Å². The van der Waals surface area contributed by atoms with Gasteiger partial charge in [0.2, 0.25) is 0 Å². The third-order valence-electron chi connectivity index (χ3n) is 3.61. The summed E-state index contributed by atoms with van der Waals surface area (Å²) < 4.78 is 5.86. The number of hydrogen-bond acceptors (Lipinski definition) is 2. The van der Waals surface area contributed by atoms with E-state index in [0.717, 1.165) is 16.5 Å². The molecule has 102 valence electrons. The van der Waals surface area contributed by atoms with Crippen molar-refractivity contribution in [3.05, 3.63) is 70.4 Å². The maximum atomic E-state index is 10.8. The molecule has 0 aliphatic rings. The van der Waals surface area contributed by atoms with E-state index in [1.54, 1.807) is 19.1 Å². The van der Waals surface area contributed by atoms with Gasteiger partial charge in [-0.2, -0.15) is 0 Å². The second kappa shape index (κ2) is 4.65. The molecule has 0 spiro atoms. The predicted octanol–water partition coefficient (Wildman–Crippen LogP) is 4.65. The lowest BCUT2D eigenvalue weighted by molar-refractivity contribution is 0.0786. The number of furan rings is 1. The molecule has 1 atom stereocenters. The molecule has 0 aliphatic carbocycles. The summed E-state index contributed by atoms with van der Waals surface area (Å²) in [6, 6.07) is 15.0. The van der Waals surface area contributed by atoms with E-state index in [1.165, 1.54) is 0 Å². The van der Waals surface area contributed by atoms with Crippen molar-refractivity contribution >= 4 is 22.6 Å². The highest BCUT2D eigenvalue weighted by Crippen LogP contribution is 2.35. The molecule has 0 bridgehead atoms. The number of hydrogen-bond donors (Lipinski definition) is 1. The summed E-state index contributed by atoms with van der Waals surface area (Å²) in [5.74, 6) is 0.518. The molecule has 1 unspecified atom stereocenters. The number of halogens is 1. The summed E-state index contributed by atoms with van der Waals surface area (Å²) in [4.78, 5) is 0. The van der Waals surface area contributed by atoms with E-state index in [1.807, 2.05) is 43.3 Å². The van der Waals surface area contributed by atoms with Crippen LogP contribution in [0.4, 0.5) is 0 Å². The van der Waals surface area contributed by atoms with Gasteiger partial charge in [0, 0.05) is 10.4 Å². The van der Waals surface area contributed by atoms with Gasteiger partial charge in [0.25, 0.3) is 0 Å². The van der Waals surface area contributed by atoms with Gasteiger partial charge in [0.1, 0.15) is 16.9 Å². The van der Waals surface area contributed by atoms with E-state index < -0.39 is 5.60 Å². The zero-order valence-electron chi connectivity index (χ0n) is 11.4. The molecule has 0 radical (unpaired) electrons. The van der Waals surface area contributed by atoms with Crippen LogP contribution < -0.4 is 0 Å². The summed E-state index contributed by atoms with van der Waals surface area (Å²) in [5.41, 5.74) is 1.36. The number of rotatable bonds is 2. The predicted molar refractivity (Wildman–Crippen MR) is 81.1 cm³/mol. The average Bonchev–Trinajstić information content (AvgIpc) is 2.85. The standard InChI is InChI=1S/C17H15ClO2/c1-11-5-3-6-12-9-15(20-16(11)12)17(2,19)13-7-4-8-14(18)10-13/h3-10,19H,1-2H3. The highest BCUT2D eigenvalue weighted by molar-refractivity contribution is 6.30. The monoisotopic (exact) mass is 286 g/mol. The zero-order valence-corrected chi connectivity index (χ0v) is 12.1. The van der Waals surface area contributed by atoms with Crippen molar-refractivity contribution in [1.29, 1.82) is 0 Å². The Balaban J connectivity index is 2.16. The lowest BCUT2D eigenvalue weighted by Gasteiger charge is -2.21. The topological polar surface area (TPSA) is 33.4 Å². The Morgan fingerprint density at radius 1 is 1.10 bits per heavy atom. The Morgan fingerprint density at radius 2 is 1.85 bits per heavy atom. The summed E-state index contributed by atoms with van der Waals surface area (Å²) in [6.07, 6.45) is 0. The largest absolute Gasteiger partial charge is 0.457 e. The van der Waals surface area contributed by atoms with Crippen molar-refractivity contribution in [2.75, 3.05) is 0 Å². The first-order valence-electron chi connectivity index (χ1n) is 6.46. The van der Waals surface area contributed by atoms with Crippen LogP contribution in [0.1, 0.15) is 23.8 Å². The fourth-order valence-electron chi connectivity index (χ4n) is 2.38. The Bertz CT molecular complexity index is 772. The normalized spacial score (nSPS) is 14.4. The van der Waals surface area contributed by atoms with Crippen LogP contribution in [-0.2, 0) is 5.60 Å². The van der Waals surface area contributed by atoms with Crippen LogP contribution in [-0.4, -0.2) is 5.11 Å². The van der Waals surface area contributed by atoms with Crippen LogP contribution in [0.3, 0.4) is 0 Å². The summed E-state index contributed by atoms with van der Waals surface area (Å²) in [7, 11) is 0. The lowest BCUT2D eigenvalue weighted by atomic mass is 9.93.